The fourth-order valence-electron chi connectivity index (χ4n) is 5.55. The van der Waals surface area contributed by atoms with Gasteiger partial charge < -0.3 is 15.4 Å². The number of carbonyl (C=O) groups is 2. The van der Waals surface area contributed by atoms with Crippen molar-refractivity contribution in [1.29, 1.82) is 0 Å². The van der Waals surface area contributed by atoms with E-state index in [2.05, 4.69) is 4.90 Å². The zero-order valence-corrected chi connectivity index (χ0v) is 20.9. The number of benzene rings is 1. The highest BCUT2D eigenvalue weighted by Gasteiger charge is 2.45. The molecule has 9 nitrogen and oxygen atoms in total. The minimum atomic E-state index is -3.66. The third-order valence-corrected chi connectivity index (χ3v) is 9.27. The summed E-state index contributed by atoms with van der Waals surface area (Å²) < 4.78 is 33.2. The Balaban J connectivity index is 1.43. The lowest BCUT2D eigenvalue weighted by Crippen LogP contribution is -2.63. The number of ether oxygens (including phenoxy) is 1. The van der Waals surface area contributed by atoms with Crippen molar-refractivity contribution < 1.29 is 22.7 Å². The van der Waals surface area contributed by atoms with Gasteiger partial charge in [-0.3, -0.25) is 14.5 Å². The average molecular weight is 493 g/mol. The normalized spacial score (nSPS) is 26.8. The first kappa shape index (κ1) is 25.1. The predicted octanol–water partition coefficient (Wildman–Crippen LogP) is 1.43. The Bertz CT molecular complexity index is 989. The molecule has 2 amide bonds. The van der Waals surface area contributed by atoms with Crippen molar-refractivity contribution in [3.05, 3.63) is 29.8 Å². The number of amides is 2. The maximum Gasteiger partial charge on any atom is 0.253 e. The highest BCUT2D eigenvalue weighted by atomic mass is 32.2. The molecule has 3 heterocycles. The molecule has 0 radical (unpaired) electrons. The molecule has 0 bridgehead atoms. The molecule has 0 spiro atoms. The van der Waals surface area contributed by atoms with Gasteiger partial charge in [0, 0.05) is 31.7 Å². The lowest BCUT2D eigenvalue weighted by atomic mass is 9.83. The summed E-state index contributed by atoms with van der Waals surface area (Å²) in [6.07, 6.45) is 4.00. The molecular weight excluding hydrogens is 456 g/mol. The number of piperidine rings is 2. The third kappa shape index (κ3) is 4.86. The number of sulfonamides is 1. The van der Waals surface area contributed by atoms with Crippen LogP contribution in [0.3, 0.4) is 0 Å². The largest absolute Gasteiger partial charge is 0.373 e. The van der Waals surface area contributed by atoms with Crippen molar-refractivity contribution >= 4 is 21.8 Å². The Kier molecular flexibility index (Phi) is 7.33. The summed E-state index contributed by atoms with van der Waals surface area (Å²) in [5, 5.41) is 0. The lowest BCUT2D eigenvalue weighted by molar-refractivity contribution is -0.134. The Morgan fingerprint density at radius 3 is 2.03 bits per heavy atom. The molecule has 34 heavy (non-hydrogen) atoms. The molecule has 1 aromatic carbocycles. The lowest BCUT2D eigenvalue weighted by Gasteiger charge is -2.48. The van der Waals surface area contributed by atoms with E-state index in [0.717, 1.165) is 25.9 Å². The molecule has 3 fully saturated rings. The number of nitrogens with two attached hydrogens (primary N) is 1. The number of carbonyl (C=O) groups excluding carboxylic acids is 2. The maximum atomic E-state index is 13.1. The van der Waals surface area contributed by atoms with E-state index in [0.29, 0.717) is 44.6 Å². The number of nitrogens with zero attached hydrogens (tertiary/aromatic N) is 3. The predicted molar refractivity (Wildman–Crippen MR) is 128 cm³/mol. The summed E-state index contributed by atoms with van der Waals surface area (Å²) in [6.45, 7) is 6.96. The molecule has 1 aromatic rings. The SMILES string of the molecule is C[C@@H]1CN(S(=O)(=O)c2ccc(C(=O)N3CCC(C(N)=O)(N4CCCCC4)CC3)cc2)C[C@H](C)O1. The van der Waals surface area contributed by atoms with E-state index in [9.17, 15) is 18.0 Å². The number of primary amides is 1. The second kappa shape index (κ2) is 9.93. The van der Waals surface area contributed by atoms with E-state index in [1.807, 2.05) is 13.8 Å². The van der Waals surface area contributed by atoms with E-state index >= 15 is 0 Å². The second-order valence-electron chi connectivity index (χ2n) is 9.84. The molecule has 0 aliphatic carbocycles. The molecule has 188 valence electrons. The van der Waals surface area contributed by atoms with E-state index < -0.39 is 15.6 Å². The summed E-state index contributed by atoms with van der Waals surface area (Å²) >= 11 is 0. The maximum absolute atomic E-state index is 13.1. The highest BCUT2D eigenvalue weighted by Crippen LogP contribution is 2.32. The van der Waals surface area contributed by atoms with Crippen molar-refractivity contribution in [2.75, 3.05) is 39.3 Å². The fraction of sp³-hybridized carbons (Fsp3) is 0.667. The van der Waals surface area contributed by atoms with Gasteiger partial charge >= 0.3 is 0 Å². The fourth-order valence-corrected chi connectivity index (χ4v) is 7.14. The van der Waals surface area contributed by atoms with Gasteiger partial charge in [0.05, 0.1) is 17.1 Å². The van der Waals surface area contributed by atoms with Gasteiger partial charge in [-0.25, -0.2) is 8.42 Å². The third-order valence-electron chi connectivity index (χ3n) is 7.42. The van der Waals surface area contributed by atoms with Crippen molar-refractivity contribution in [1.82, 2.24) is 14.1 Å². The number of hydrogen-bond donors (Lipinski definition) is 1. The Morgan fingerprint density at radius 2 is 1.50 bits per heavy atom. The van der Waals surface area contributed by atoms with Crippen LogP contribution >= 0.6 is 0 Å². The van der Waals surface area contributed by atoms with Crippen LogP contribution in [0.5, 0.6) is 0 Å². The van der Waals surface area contributed by atoms with Gasteiger partial charge in [0.25, 0.3) is 5.91 Å². The molecule has 0 unspecified atom stereocenters. The first-order chi connectivity index (χ1) is 16.1. The molecule has 3 aliphatic rings. The minimum absolute atomic E-state index is 0.158. The number of likely N-dealkylation sites (tertiary alicyclic amines) is 2. The molecule has 4 rings (SSSR count). The minimum Gasteiger partial charge on any atom is -0.373 e. The molecule has 10 heteroatoms. The number of morpholine rings is 1. The summed E-state index contributed by atoms with van der Waals surface area (Å²) in [7, 11) is -3.66. The van der Waals surface area contributed by atoms with Crippen molar-refractivity contribution in [2.45, 2.75) is 68.6 Å². The summed E-state index contributed by atoms with van der Waals surface area (Å²) in [6, 6.07) is 6.14. The monoisotopic (exact) mass is 492 g/mol. The Hall–Kier alpha value is -2.01. The van der Waals surface area contributed by atoms with Crippen LogP contribution in [-0.4, -0.2) is 91.4 Å². The Morgan fingerprint density at radius 1 is 0.941 bits per heavy atom. The van der Waals surface area contributed by atoms with Crippen LogP contribution in [0.1, 0.15) is 56.3 Å². The Labute approximate surface area is 202 Å². The topological polar surface area (TPSA) is 113 Å². The van der Waals surface area contributed by atoms with Crippen LogP contribution in [0.15, 0.2) is 29.2 Å². The van der Waals surface area contributed by atoms with Crippen LogP contribution in [0.25, 0.3) is 0 Å². The molecule has 2 atom stereocenters. The first-order valence-electron chi connectivity index (χ1n) is 12.2. The van der Waals surface area contributed by atoms with Crippen molar-refractivity contribution in [3.63, 3.8) is 0 Å². The van der Waals surface area contributed by atoms with Gasteiger partial charge in [0.15, 0.2) is 0 Å². The molecule has 2 N–H and O–H groups in total. The quantitative estimate of drug-likeness (QED) is 0.665. The van der Waals surface area contributed by atoms with Gasteiger partial charge in [-0.05, 0) is 76.9 Å². The average Bonchev–Trinajstić information content (AvgIpc) is 2.83. The molecule has 0 saturated carbocycles. The van der Waals surface area contributed by atoms with E-state index in [-0.39, 0.29) is 28.9 Å². The number of rotatable bonds is 5. The van der Waals surface area contributed by atoms with E-state index in [4.69, 9.17) is 10.5 Å². The summed E-state index contributed by atoms with van der Waals surface area (Å²) in [5.41, 5.74) is 5.61. The van der Waals surface area contributed by atoms with Gasteiger partial charge in [0.1, 0.15) is 5.54 Å². The van der Waals surface area contributed by atoms with Gasteiger partial charge in [-0.15, -0.1) is 0 Å². The summed E-state index contributed by atoms with van der Waals surface area (Å²) in [5.74, 6) is -0.461. The van der Waals surface area contributed by atoms with E-state index in [1.165, 1.54) is 22.9 Å². The highest BCUT2D eigenvalue weighted by molar-refractivity contribution is 7.89. The van der Waals surface area contributed by atoms with E-state index in [1.54, 1.807) is 17.0 Å². The zero-order valence-electron chi connectivity index (χ0n) is 20.1. The first-order valence-corrected chi connectivity index (χ1v) is 13.7. The van der Waals surface area contributed by atoms with Gasteiger partial charge in [0.2, 0.25) is 15.9 Å². The number of hydrogen-bond acceptors (Lipinski definition) is 6. The molecule has 0 aromatic heterocycles. The van der Waals surface area contributed by atoms with Crippen LogP contribution < -0.4 is 5.73 Å². The van der Waals surface area contributed by atoms with Crippen LogP contribution in [-0.2, 0) is 19.6 Å². The van der Waals surface area contributed by atoms with Gasteiger partial charge in [-0.2, -0.15) is 4.31 Å². The van der Waals surface area contributed by atoms with Crippen LogP contribution in [0, 0.1) is 0 Å². The zero-order chi connectivity index (χ0) is 24.5. The van der Waals surface area contributed by atoms with Gasteiger partial charge in [-0.1, -0.05) is 6.42 Å². The molecule has 3 aliphatic heterocycles. The smallest absolute Gasteiger partial charge is 0.253 e. The standard InChI is InChI=1S/C24H36N4O5S/c1-18-16-28(17-19(2)33-18)34(31,32)21-8-6-20(7-9-21)22(29)26-14-10-24(11-15-26,23(25)30)27-12-4-3-5-13-27/h6-9,18-19H,3-5,10-17H2,1-2H3,(H2,25,30)/t18-,19+. The van der Waals surface area contributed by atoms with Crippen molar-refractivity contribution in [3.8, 4) is 0 Å². The van der Waals surface area contributed by atoms with Crippen molar-refractivity contribution in [2.24, 2.45) is 5.73 Å². The van der Waals surface area contributed by atoms with Crippen LogP contribution in [0.2, 0.25) is 0 Å². The molecular formula is C24H36N4O5S. The summed E-state index contributed by atoms with van der Waals surface area (Å²) in [4.78, 5) is 29.7. The van der Waals surface area contributed by atoms with Crippen LogP contribution in [0.4, 0.5) is 0 Å². The molecule has 3 saturated heterocycles. The second-order valence-corrected chi connectivity index (χ2v) is 11.8.